The highest BCUT2D eigenvalue weighted by molar-refractivity contribution is 5.83. The van der Waals surface area contributed by atoms with Gasteiger partial charge in [0.05, 0.1) is 5.69 Å². The highest BCUT2D eigenvalue weighted by atomic mass is 16.5. The molecule has 7 heteroatoms. The molecule has 1 heterocycles. The summed E-state index contributed by atoms with van der Waals surface area (Å²) in [6.45, 7) is 6.70. The number of aromatic nitrogens is 2. The van der Waals surface area contributed by atoms with Gasteiger partial charge in [-0.1, -0.05) is 13.8 Å². The summed E-state index contributed by atoms with van der Waals surface area (Å²) in [7, 11) is 1.40. The SMILES string of the molecule is CC(C)C[C@](C)(N)COc1ccc(-c2ccnc(N(C)C(=O)O)n2)cc1. The smallest absolute Gasteiger partial charge is 0.413 e. The maximum atomic E-state index is 11.0. The summed E-state index contributed by atoms with van der Waals surface area (Å²) in [5.41, 5.74) is 7.36. The molecule has 7 nitrogen and oxygen atoms in total. The van der Waals surface area contributed by atoms with Crippen molar-refractivity contribution >= 4 is 12.0 Å². The number of benzene rings is 1. The van der Waals surface area contributed by atoms with Crippen molar-refractivity contribution in [2.45, 2.75) is 32.7 Å². The van der Waals surface area contributed by atoms with Gasteiger partial charge in [-0.2, -0.15) is 0 Å². The molecule has 0 aliphatic carbocycles. The van der Waals surface area contributed by atoms with Crippen LogP contribution in [0.5, 0.6) is 5.75 Å². The number of rotatable bonds is 7. The van der Waals surface area contributed by atoms with E-state index in [-0.39, 0.29) is 11.5 Å². The first-order chi connectivity index (χ1) is 12.2. The lowest BCUT2D eigenvalue weighted by molar-refractivity contribution is 0.203. The van der Waals surface area contributed by atoms with Gasteiger partial charge in [-0.15, -0.1) is 0 Å². The average Bonchev–Trinajstić information content (AvgIpc) is 2.59. The molecule has 2 aromatic rings. The van der Waals surface area contributed by atoms with Crippen molar-refractivity contribution in [2.75, 3.05) is 18.6 Å². The number of nitrogens with two attached hydrogens (primary N) is 1. The van der Waals surface area contributed by atoms with Crippen molar-refractivity contribution in [1.29, 1.82) is 0 Å². The van der Waals surface area contributed by atoms with Crippen LogP contribution in [0, 0.1) is 5.92 Å². The van der Waals surface area contributed by atoms with Crippen LogP contribution < -0.4 is 15.4 Å². The molecule has 1 amide bonds. The Bertz CT molecular complexity index is 745. The van der Waals surface area contributed by atoms with E-state index in [0.29, 0.717) is 18.2 Å². The number of amides is 1. The quantitative estimate of drug-likeness (QED) is 0.786. The second kappa shape index (κ2) is 8.14. The minimum Gasteiger partial charge on any atom is -0.492 e. The van der Waals surface area contributed by atoms with Gasteiger partial charge in [-0.3, -0.25) is 0 Å². The zero-order valence-electron chi connectivity index (χ0n) is 15.6. The lowest BCUT2D eigenvalue weighted by atomic mass is 9.93. The van der Waals surface area contributed by atoms with Crippen LogP contribution >= 0.6 is 0 Å². The van der Waals surface area contributed by atoms with E-state index in [1.54, 1.807) is 6.07 Å². The Morgan fingerprint density at radius 2 is 1.96 bits per heavy atom. The van der Waals surface area contributed by atoms with E-state index in [2.05, 4.69) is 23.8 Å². The van der Waals surface area contributed by atoms with Gasteiger partial charge in [0.2, 0.25) is 5.95 Å². The second-order valence-corrected chi connectivity index (χ2v) is 7.15. The maximum absolute atomic E-state index is 11.0. The predicted octanol–water partition coefficient (Wildman–Crippen LogP) is 3.40. The summed E-state index contributed by atoms with van der Waals surface area (Å²) in [6.07, 6.45) is 1.30. The van der Waals surface area contributed by atoms with Gasteiger partial charge in [0.25, 0.3) is 0 Å². The van der Waals surface area contributed by atoms with Gasteiger partial charge in [0, 0.05) is 24.3 Å². The molecular weight excluding hydrogens is 332 g/mol. The topological polar surface area (TPSA) is 102 Å². The largest absolute Gasteiger partial charge is 0.492 e. The van der Waals surface area contributed by atoms with Crippen LogP contribution in [0.15, 0.2) is 36.5 Å². The predicted molar refractivity (Wildman–Crippen MR) is 101 cm³/mol. The summed E-state index contributed by atoms with van der Waals surface area (Å²) in [5.74, 6) is 1.36. The monoisotopic (exact) mass is 358 g/mol. The zero-order chi connectivity index (χ0) is 19.3. The normalized spacial score (nSPS) is 13.3. The molecule has 1 aromatic carbocycles. The Balaban J connectivity index is 2.08. The van der Waals surface area contributed by atoms with Crippen molar-refractivity contribution in [3.05, 3.63) is 36.5 Å². The maximum Gasteiger partial charge on any atom is 0.413 e. The van der Waals surface area contributed by atoms with Gasteiger partial charge >= 0.3 is 6.09 Å². The fourth-order valence-corrected chi connectivity index (χ4v) is 2.72. The summed E-state index contributed by atoms with van der Waals surface area (Å²) < 4.78 is 5.81. The van der Waals surface area contributed by atoms with Gasteiger partial charge < -0.3 is 15.6 Å². The van der Waals surface area contributed by atoms with Crippen LogP contribution in [-0.2, 0) is 0 Å². The molecule has 0 aliphatic heterocycles. The molecule has 0 bridgehead atoms. The number of carbonyl (C=O) groups is 1. The highest BCUT2D eigenvalue weighted by Gasteiger charge is 2.21. The van der Waals surface area contributed by atoms with E-state index < -0.39 is 6.09 Å². The first-order valence-electron chi connectivity index (χ1n) is 8.50. The molecule has 0 saturated heterocycles. The van der Waals surface area contributed by atoms with Gasteiger partial charge in [0.1, 0.15) is 12.4 Å². The first kappa shape index (κ1) is 19.7. The molecule has 0 spiro atoms. The van der Waals surface area contributed by atoms with Gasteiger partial charge in [-0.05, 0) is 49.6 Å². The van der Waals surface area contributed by atoms with Crippen molar-refractivity contribution in [3.8, 4) is 17.0 Å². The van der Waals surface area contributed by atoms with Crippen LogP contribution in [0.25, 0.3) is 11.3 Å². The molecule has 1 atom stereocenters. The first-order valence-corrected chi connectivity index (χ1v) is 8.50. The van der Waals surface area contributed by atoms with Crippen molar-refractivity contribution in [2.24, 2.45) is 11.7 Å². The van der Waals surface area contributed by atoms with E-state index in [0.717, 1.165) is 22.6 Å². The van der Waals surface area contributed by atoms with Crippen LogP contribution in [0.3, 0.4) is 0 Å². The number of anilines is 1. The zero-order valence-corrected chi connectivity index (χ0v) is 15.6. The van der Waals surface area contributed by atoms with Crippen LogP contribution in [0.1, 0.15) is 27.2 Å². The third-order valence-electron chi connectivity index (χ3n) is 3.82. The lowest BCUT2D eigenvalue weighted by Crippen LogP contribution is -2.43. The third-order valence-corrected chi connectivity index (χ3v) is 3.82. The summed E-state index contributed by atoms with van der Waals surface area (Å²) in [5, 5.41) is 9.03. The molecule has 26 heavy (non-hydrogen) atoms. The minimum absolute atomic E-state index is 0.128. The van der Waals surface area contributed by atoms with E-state index in [4.69, 9.17) is 15.6 Å². The number of hydrogen-bond donors (Lipinski definition) is 2. The molecule has 0 fully saturated rings. The molecule has 1 aromatic heterocycles. The molecule has 0 saturated carbocycles. The summed E-state index contributed by atoms with van der Waals surface area (Å²) in [6, 6.07) is 9.18. The average molecular weight is 358 g/mol. The number of hydrogen-bond acceptors (Lipinski definition) is 5. The fourth-order valence-electron chi connectivity index (χ4n) is 2.72. The molecule has 140 valence electrons. The fraction of sp³-hybridized carbons (Fsp3) is 0.421. The van der Waals surface area contributed by atoms with Crippen molar-refractivity contribution in [1.82, 2.24) is 9.97 Å². The minimum atomic E-state index is -1.11. The number of nitrogens with zero attached hydrogens (tertiary/aromatic N) is 3. The van der Waals surface area contributed by atoms with E-state index in [1.165, 1.54) is 13.2 Å². The van der Waals surface area contributed by atoms with E-state index >= 15 is 0 Å². The number of carboxylic acid groups (broad SMARTS) is 1. The number of ether oxygens (including phenoxy) is 1. The van der Waals surface area contributed by atoms with Crippen LogP contribution in [0.2, 0.25) is 0 Å². The Hall–Kier alpha value is -2.67. The van der Waals surface area contributed by atoms with Crippen LogP contribution in [-0.4, -0.2) is 40.4 Å². The third kappa shape index (κ3) is 5.42. The molecule has 0 radical (unpaired) electrons. The molecular formula is C19H26N4O3. The Kier molecular flexibility index (Phi) is 6.15. The Morgan fingerprint density at radius 1 is 1.31 bits per heavy atom. The summed E-state index contributed by atoms with van der Waals surface area (Å²) >= 11 is 0. The second-order valence-electron chi connectivity index (χ2n) is 7.15. The molecule has 3 N–H and O–H groups in total. The Labute approximate surface area is 153 Å². The molecule has 0 aliphatic rings. The Morgan fingerprint density at radius 3 is 2.54 bits per heavy atom. The van der Waals surface area contributed by atoms with Crippen molar-refractivity contribution in [3.63, 3.8) is 0 Å². The van der Waals surface area contributed by atoms with Crippen LogP contribution in [0.4, 0.5) is 10.7 Å². The van der Waals surface area contributed by atoms with Gasteiger partial charge in [-0.25, -0.2) is 19.7 Å². The van der Waals surface area contributed by atoms with E-state index in [9.17, 15) is 4.79 Å². The molecule has 0 unspecified atom stereocenters. The van der Waals surface area contributed by atoms with Gasteiger partial charge in [0.15, 0.2) is 0 Å². The standard InChI is InChI=1S/C19H26N4O3/c1-13(2)11-19(3,20)12-26-15-7-5-14(6-8-15)16-9-10-21-17(22-16)23(4)18(24)25/h5-10,13H,11-12,20H2,1-4H3,(H,24,25)/t19-/m0/s1. The lowest BCUT2D eigenvalue weighted by Gasteiger charge is -2.26. The van der Waals surface area contributed by atoms with Crippen molar-refractivity contribution < 1.29 is 14.6 Å². The highest BCUT2D eigenvalue weighted by Crippen LogP contribution is 2.23. The van der Waals surface area contributed by atoms with E-state index in [1.807, 2.05) is 31.2 Å². The molecule has 2 rings (SSSR count). The summed E-state index contributed by atoms with van der Waals surface area (Å²) in [4.78, 5) is 20.3.